The van der Waals surface area contributed by atoms with Gasteiger partial charge >= 0.3 is 0 Å². The monoisotopic (exact) mass is 292 g/mol. The number of furan rings is 1. The molecule has 1 aliphatic heterocycles. The van der Waals surface area contributed by atoms with Gasteiger partial charge in [0.15, 0.2) is 0 Å². The highest BCUT2D eigenvalue weighted by Crippen LogP contribution is 2.29. The first kappa shape index (κ1) is 13.4. The second-order valence-corrected chi connectivity index (χ2v) is 5.87. The maximum absolute atomic E-state index is 5.67. The average Bonchev–Trinajstić information content (AvgIpc) is 3.01. The van der Waals surface area contributed by atoms with E-state index in [0.29, 0.717) is 0 Å². The molecule has 0 spiro atoms. The van der Waals surface area contributed by atoms with Gasteiger partial charge in [0.25, 0.3) is 0 Å². The average molecular weight is 292 g/mol. The zero-order valence-corrected chi connectivity index (χ0v) is 12.6. The summed E-state index contributed by atoms with van der Waals surface area (Å²) in [5.74, 6) is 0. The van der Waals surface area contributed by atoms with Crippen LogP contribution in [0.4, 0.5) is 5.69 Å². The number of nitrogens with zero attached hydrogens (tertiary/aromatic N) is 2. The summed E-state index contributed by atoms with van der Waals surface area (Å²) in [6.07, 6.45) is 1.90. The maximum atomic E-state index is 5.67. The van der Waals surface area contributed by atoms with Crippen LogP contribution < -0.4 is 4.90 Å². The SMILES string of the molecule is c1ccc(CN2CCN(c3coc4ccccc34)CC2)cc1. The van der Waals surface area contributed by atoms with Crippen LogP contribution in [0.25, 0.3) is 11.0 Å². The molecular weight excluding hydrogens is 272 g/mol. The Labute approximate surface area is 130 Å². The molecule has 2 aromatic carbocycles. The molecule has 3 nitrogen and oxygen atoms in total. The Bertz CT molecular complexity index is 742. The molecule has 1 aromatic heterocycles. The predicted molar refractivity (Wildman–Crippen MR) is 90.1 cm³/mol. The smallest absolute Gasteiger partial charge is 0.136 e. The molecule has 0 radical (unpaired) electrons. The van der Waals surface area contributed by atoms with Crippen molar-refractivity contribution in [2.24, 2.45) is 0 Å². The zero-order chi connectivity index (χ0) is 14.8. The van der Waals surface area contributed by atoms with Gasteiger partial charge in [-0.1, -0.05) is 42.5 Å². The van der Waals surface area contributed by atoms with Crippen LogP contribution in [-0.4, -0.2) is 31.1 Å². The van der Waals surface area contributed by atoms with Crippen LogP contribution in [-0.2, 0) is 6.54 Å². The maximum Gasteiger partial charge on any atom is 0.136 e. The van der Waals surface area contributed by atoms with E-state index in [1.165, 1.54) is 16.6 Å². The number of rotatable bonds is 3. The number of para-hydroxylation sites is 1. The van der Waals surface area contributed by atoms with Gasteiger partial charge in [-0.3, -0.25) is 4.90 Å². The van der Waals surface area contributed by atoms with Gasteiger partial charge in [0.2, 0.25) is 0 Å². The summed E-state index contributed by atoms with van der Waals surface area (Å²) < 4.78 is 5.67. The summed E-state index contributed by atoms with van der Waals surface area (Å²) in [4.78, 5) is 4.96. The minimum atomic E-state index is 0.976. The Morgan fingerprint density at radius 1 is 0.818 bits per heavy atom. The van der Waals surface area contributed by atoms with Crippen molar-refractivity contribution in [2.75, 3.05) is 31.1 Å². The molecule has 0 bridgehead atoms. The van der Waals surface area contributed by atoms with Crippen molar-refractivity contribution in [1.82, 2.24) is 4.90 Å². The van der Waals surface area contributed by atoms with Gasteiger partial charge in [0.1, 0.15) is 11.8 Å². The van der Waals surface area contributed by atoms with Gasteiger partial charge in [-0.05, 0) is 17.7 Å². The topological polar surface area (TPSA) is 19.6 Å². The Kier molecular flexibility index (Phi) is 3.57. The number of benzene rings is 2. The molecule has 0 atom stereocenters. The molecule has 2 heterocycles. The fourth-order valence-electron chi connectivity index (χ4n) is 3.20. The lowest BCUT2D eigenvalue weighted by Crippen LogP contribution is -2.45. The lowest BCUT2D eigenvalue weighted by atomic mass is 10.2. The van der Waals surface area contributed by atoms with Crippen LogP contribution in [0.5, 0.6) is 0 Å². The Balaban J connectivity index is 1.43. The van der Waals surface area contributed by atoms with Crippen LogP contribution in [0, 0.1) is 0 Å². The van der Waals surface area contributed by atoms with Crippen molar-refractivity contribution >= 4 is 16.7 Å². The number of piperazine rings is 1. The summed E-state index contributed by atoms with van der Waals surface area (Å²) >= 11 is 0. The van der Waals surface area contributed by atoms with Crippen molar-refractivity contribution in [3.8, 4) is 0 Å². The molecule has 1 fully saturated rings. The van der Waals surface area contributed by atoms with Gasteiger partial charge < -0.3 is 9.32 Å². The highest BCUT2D eigenvalue weighted by molar-refractivity contribution is 5.91. The van der Waals surface area contributed by atoms with E-state index < -0.39 is 0 Å². The minimum Gasteiger partial charge on any atom is -0.462 e. The molecule has 0 aliphatic carbocycles. The highest BCUT2D eigenvalue weighted by atomic mass is 16.3. The van der Waals surface area contributed by atoms with E-state index in [0.717, 1.165) is 38.3 Å². The first-order valence-corrected chi connectivity index (χ1v) is 7.87. The predicted octanol–water partition coefficient (Wildman–Crippen LogP) is 3.76. The Hall–Kier alpha value is -2.26. The molecule has 112 valence electrons. The largest absolute Gasteiger partial charge is 0.462 e. The highest BCUT2D eigenvalue weighted by Gasteiger charge is 2.20. The molecule has 0 amide bonds. The minimum absolute atomic E-state index is 0.976. The Morgan fingerprint density at radius 3 is 2.36 bits per heavy atom. The quantitative estimate of drug-likeness (QED) is 0.733. The summed E-state index contributed by atoms with van der Waals surface area (Å²) in [5.41, 5.74) is 3.60. The van der Waals surface area contributed by atoms with Gasteiger partial charge in [-0.15, -0.1) is 0 Å². The molecule has 0 saturated carbocycles. The van der Waals surface area contributed by atoms with Crippen molar-refractivity contribution < 1.29 is 4.42 Å². The molecule has 3 aromatic rings. The molecular formula is C19H20N2O. The molecule has 0 unspecified atom stereocenters. The first-order chi connectivity index (χ1) is 10.9. The van der Waals surface area contributed by atoms with Crippen LogP contribution in [0.2, 0.25) is 0 Å². The lowest BCUT2D eigenvalue weighted by Gasteiger charge is -2.35. The molecule has 0 N–H and O–H groups in total. The number of hydrogen-bond acceptors (Lipinski definition) is 3. The fraction of sp³-hybridized carbons (Fsp3) is 0.263. The van der Waals surface area contributed by atoms with E-state index in [9.17, 15) is 0 Å². The number of anilines is 1. The van der Waals surface area contributed by atoms with Crippen molar-refractivity contribution in [1.29, 1.82) is 0 Å². The van der Waals surface area contributed by atoms with Gasteiger partial charge in [0.05, 0.1) is 5.69 Å². The van der Waals surface area contributed by atoms with Gasteiger partial charge in [-0.2, -0.15) is 0 Å². The van der Waals surface area contributed by atoms with Crippen molar-refractivity contribution in [3.63, 3.8) is 0 Å². The standard InChI is InChI=1S/C19H20N2O/c1-2-6-16(7-3-1)14-20-10-12-21(13-11-20)18-15-22-19-9-5-4-8-17(18)19/h1-9,15H,10-14H2. The normalized spacial score (nSPS) is 16.3. The van der Waals surface area contributed by atoms with Gasteiger partial charge in [0, 0.05) is 38.1 Å². The van der Waals surface area contributed by atoms with E-state index in [1.807, 2.05) is 18.4 Å². The van der Waals surface area contributed by atoms with Crippen LogP contribution in [0.1, 0.15) is 5.56 Å². The third kappa shape index (κ3) is 2.60. The van der Waals surface area contributed by atoms with E-state index in [2.05, 4.69) is 52.3 Å². The summed E-state index contributed by atoms with van der Waals surface area (Å²) in [6, 6.07) is 19.0. The van der Waals surface area contributed by atoms with E-state index in [4.69, 9.17) is 4.42 Å². The van der Waals surface area contributed by atoms with E-state index >= 15 is 0 Å². The Morgan fingerprint density at radius 2 is 1.55 bits per heavy atom. The van der Waals surface area contributed by atoms with Crippen LogP contribution >= 0.6 is 0 Å². The molecule has 4 rings (SSSR count). The zero-order valence-electron chi connectivity index (χ0n) is 12.6. The second-order valence-electron chi connectivity index (χ2n) is 5.87. The molecule has 1 aliphatic rings. The molecule has 1 saturated heterocycles. The van der Waals surface area contributed by atoms with E-state index in [-0.39, 0.29) is 0 Å². The van der Waals surface area contributed by atoms with E-state index in [1.54, 1.807) is 0 Å². The summed E-state index contributed by atoms with van der Waals surface area (Å²) in [7, 11) is 0. The summed E-state index contributed by atoms with van der Waals surface area (Å²) in [6.45, 7) is 5.33. The second kappa shape index (κ2) is 5.85. The fourth-order valence-corrected chi connectivity index (χ4v) is 3.20. The molecule has 22 heavy (non-hydrogen) atoms. The first-order valence-electron chi connectivity index (χ1n) is 7.87. The van der Waals surface area contributed by atoms with Crippen LogP contribution in [0.15, 0.2) is 65.3 Å². The molecule has 3 heteroatoms. The third-order valence-corrected chi connectivity index (χ3v) is 4.42. The van der Waals surface area contributed by atoms with Crippen molar-refractivity contribution in [2.45, 2.75) is 6.54 Å². The third-order valence-electron chi connectivity index (χ3n) is 4.42. The number of fused-ring (bicyclic) bond motifs is 1. The van der Waals surface area contributed by atoms with Crippen molar-refractivity contribution in [3.05, 3.63) is 66.4 Å². The summed E-state index contributed by atoms with van der Waals surface area (Å²) in [5, 5.41) is 1.22. The lowest BCUT2D eigenvalue weighted by molar-refractivity contribution is 0.250. The number of hydrogen-bond donors (Lipinski definition) is 0. The van der Waals surface area contributed by atoms with Crippen LogP contribution in [0.3, 0.4) is 0 Å². The van der Waals surface area contributed by atoms with Gasteiger partial charge in [-0.25, -0.2) is 0 Å².